The SMILES string of the molecule is Cc1ccccc1C(C)Nc1ncc(C#N)c(NC[C@]23CC4C[C@H](C2)[C@@H](N)[C@@H](C4)C3)n1. The summed E-state index contributed by atoms with van der Waals surface area (Å²) in [7, 11) is 0. The van der Waals surface area contributed by atoms with Gasteiger partial charge in [-0.1, -0.05) is 24.3 Å². The van der Waals surface area contributed by atoms with E-state index in [2.05, 4.69) is 47.7 Å². The quantitative estimate of drug-likeness (QED) is 0.646. The van der Waals surface area contributed by atoms with E-state index in [1.165, 1.54) is 43.2 Å². The fourth-order valence-corrected chi connectivity index (χ4v) is 6.73. The molecular weight excluding hydrogens is 384 g/mol. The van der Waals surface area contributed by atoms with Crippen LogP contribution in [-0.4, -0.2) is 22.6 Å². The van der Waals surface area contributed by atoms with E-state index in [4.69, 9.17) is 10.7 Å². The van der Waals surface area contributed by atoms with Gasteiger partial charge in [-0.3, -0.25) is 0 Å². The molecule has 6 heteroatoms. The van der Waals surface area contributed by atoms with E-state index >= 15 is 0 Å². The molecule has 6 atom stereocenters. The highest BCUT2D eigenvalue weighted by Crippen LogP contribution is 2.59. The number of nitrogens with two attached hydrogens (primary N) is 1. The first-order chi connectivity index (χ1) is 15.0. The molecule has 0 amide bonds. The highest BCUT2D eigenvalue weighted by atomic mass is 15.2. The lowest BCUT2D eigenvalue weighted by Crippen LogP contribution is -2.58. The van der Waals surface area contributed by atoms with Gasteiger partial charge in [0, 0.05) is 12.6 Å². The van der Waals surface area contributed by atoms with Crippen LogP contribution in [0.3, 0.4) is 0 Å². The Morgan fingerprint density at radius 3 is 2.68 bits per heavy atom. The maximum absolute atomic E-state index is 9.59. The van der Waals surface area contributed by atoms with Gasteiger partial charge in [0.1, 0.15) is 17.5 Å². The van der Waals surface area contributed by atoms with Crippen LogP contribution in [-0.2, 0) is 0 Å². The summed E-state index contributed by atoms with van der Waals surface area (Å²) >= 11 is 0. The molecule has 4 aliphatic carbocycles. The zero-order valence-corrected chi connectivity index (χ0v) is 18.4. The van der Waals surface area contributed by atoms with Crippen molar-refractivity contribution in [2.24, 2.45) is 28.9 Å². The molecule has 0 radical (unpaired) electrons. The number of aromatic nitrogens is 2. The number of hydrogen-bond donors (Lipinski definition) is 3. The summed E-state index contributed by atoms with van der Waals surface area (Å²) in [6.45, 7) is 5.08. The van der Waals surface area contributed by atoms with Crippen LogP contribution < -0.4 is 16.4 Å². The molecule has 0 aliphatic heterocycles. The molecule has 0 saturated heterocycles. The van der Waals surface area contributed by atoms with E-state index in [1.807, 2.05) is 12.1 Å². The molecule has 1 heterocycles. The highest BCUT2D eigenvalue weighted by molar-refractivity contribution is 5.54. The van der Waals surface area contributed by atoms with Crippen molar-refractivity contribution in [1.82, 2.24) is 9.97 Å². The Hall–Kier alpha value is -2.65. The Morgan fingerprint density at radius 1 is 1.23 bits per heavy atom. The summed E-state index contributed by atoms with van der Waals surface area (Å²) in [4.78, 5) is 9.08. The van der Waals surface area contributed by atoms with Crippen molar-refractivity contribution < 1.29 is 0 Å². The van der Waals surface area contributed by atoms with E-state index in [-0.39, 0.29) is 6.04 Å². The Balaban J connectivity index is 1.32. The first-order valence-corrected chi connectivity index (χ1v) is 11.5. The minimum Gasteiger partial charge on any atom is -0.368 e. The van der Waals surface area contributed by atoms with Crippen molar-refractivity contribution in [1.29, 1.82) is 5.26 Å². The molecule has 6 nitrogen and oxygen atoms in total. The average molecular weight is 417 g/mol. The minimum atomic E-state index is 0.0756. The summed E-state index contributed by atoms with van der Waals surface area (Å²) in [5, 5.41) is 16.5. The van der Waals surface area contributed by atoms with E-state index < -0.39 is 0 Å². The van der Waals surface area contributed by atoms with Crippen molar-refractivity contribution >= 4 is 11.8 Å². The predicted molar refractivity (Wildman–Crippen MR) is 122 cm³/mol. The third kappa shape index (κ3) is 3.76. The second-order valence-corrected chi connectivity index (χ2v) is 10.2. The van der Waals surface area contributed by atoms with Gasteiger partial charge in [-0.15, -0.1) is 0 Å². The molecule has 2 unspecified atom stereocenters. The largest absolute Gasteiger partial charge is 0.368 e. The normalized spacial score (nSPS) is 31.8. The number of aryl methyl sites for hydroxylation is 1. The Bertz CT molecular complexity index is 995. The Morgan fingerprint density at radius 2 is 1.97 bits per heavy atom. The van der Waals surface area contributed by atoms with E-state index in [0.717, 1.165) is 12.5 Å². The second-order valence-electron chi connectivity index (χ2n) is 10.2. The van der Waals surface area contributed by atoms with Gasteiger partial charge in [-0.05, 0) is 80.2 Å². The number of hydrogen-bond acceptors (Lipinski definition) is 6. The molecule has 1 aromatic heterocycles. The maximum Gasteiger partial charge on any atom is 0.225 e. The topological polar surface area (TPSA) is 99.7 Å². The predicted octanol–water partition coefficient (Wildman–Crippen LogP) is 4.40. The smallest absolute Gasteiger partial charge is 0.225 e. The molecule has 0 spiro atoms. The highest BCUT2D eigenvalue weighted by Gasteiger charge is 2.54. The van der Waals surface area contributed by atoms with Gasteiger partial charge in [0.05, 0.1) is 12.2 Å². The first-order valence-electron chi connectivity index (χ1n) is 11.5. The van der Waals surface area contributed by atoms with Crippen LogP contribution in [0.4, 0.5) is 11.8 Å². The van der Waals surface area contributed by atoms with Crippen molar-refractivity contribution in [3.63, 3.8) is 0 Å². The maximum atomic E-state index is 9.59. The number of nitrogens with zero attached hydrogens (tertiary/aromatic N) is 3. The van der Waals surface area contributed by atoms with Crippen molar-refractivity contribution in [2.75, 3.05) is 17.2 Å². The lowest BCUT2D eigenvalue weighted by molar-refractivity contribution is -0.0591. The fourth-order valence-electron chi connectivity index (χ4n) is 6.73. The van der Waals surface area contributed by atoms with Crippen molar-refractivity contribution in [3.8, 4) is 6.07 Å². The van der Waals surface area contributed by atoms with Gasteiger partial charge in [0.2, 0.25) is 5.95 Å². The van der Waals surface area contributed by atoms with Crippen LogP contribution in [0.2, 0.25) is 0 Å². The zero-order chi connectivity index (χ0) is 21.6. The fraction of sp³-hybridized carbons (Fsp3) is 0.560. The molecular formula is C25H32N6. The van der Waals surface area contributed by atoms with Crippen LogP contribution in [0.5, 0.6) is 0 Å². The number of rotatable bonds is 6. The number of nitriles is 1. The number of nitrogens with one attached hydrogen (secondary N) is 2. The van der Waals surface area contributed by atoms with Crippen molar-refractivity contribution in [3.05, 3.63) is 47.2 Å². The lowest BCUT2D eigenvalue weighted by Gasteiger charge is -2.59. The molecule has 1 aromatic carbocycles. The monoisotopic (exact) mass is 416 g/mol. The average Bonchev–Trinajstić information content (AvgIpc) is 2.76. The van der Waals surface area contributed by atoms with Gasteiger partial charge in [0.25, 0.3) is 0 Å². The third-order valence-corrected chi connectivity index (χ3v) is 8.01. The van der Waals surface area contributed by atoms with Crippen LogP contribution in [0.15, 0.2) is 30.5 Å². The number of benzene rings is 1. The summed E-state index contributed by atoms with van der Waals surface area (Å²) in [6, 6.07) is 11.0. The van der Waals surface area contributed by atoms with Crippen molar-refractivity contribution in [2.45, 2.75) is 58.0 Å². The molecule has 162 valence electrons. The van der Waals surface area contributed by atoms with Gasteiger partial charge in [-0.25, -0.2) is 4.98 Å². The molecule has 2 aromatic rings. The summed E-state index contributed by atoms with van der Waals surface area (Å²) < 4.78 is 0. The Labute approximate surface area is 184 Å². The van der Waals surface area contributed by atoms with Gasteiger partial charge in [-0.2, -0.15) is 10.2 Å². The van der Waals surface area contributed by atoms with E-state index in [0.29, 0.717) is 40.6 Å². The van der Waals surface area contributed by atoms with Crippen LogP contribution >= 0.6 is 0 Å². The standard InChI is InChI=1S/C25H32N6/c1-15-5-3-4-6-21(15)16(2)30-24-28-13-20(12-26)23(31-24)29-14-25-9-17-7-18(10-25)22(27)19(8-17)11-25/h3-6,13,16-19,22H,7-11,14,27H2,1-2H3,(H2,28,29,30,31)/t16?,17?,18-,19+,22-,25-. The summed E-state index contributed by atoms with van der Waals surface area (Å²) in [5.74, 6) is 3.34. The lowest BCUT2D eigenvalue weighted by atomic mass is 9.48. The summed E-state index contributed by atoms with van der Waals surface area (Å²) in [6.07, 6.45) is 7.93. The molecule has 4 aliphatic rings. The first kappa shape index (κ1) is 20.3. The van der Waals surface area contributed by atoms with E-state index in [9.17, 15) is 5.26 Å². The molecule has 4 fully saturated rings. The van der Waals surface area contributed by atoms with Gasteiger partial charge >= 0.3 is 0 Å². The minimum absolute atomic E-state index is 0.0756. The molecule has 4 bridgehead atoms. The Kier molecular flexibility index (Phi) is 5.10. The zero-order valence-electron chi connectivity index (χ0n) is 18.4. The molecule has 4 saturated carbocycles. The van der Waals surface area contributed by atoms with E-state index in [1.54, 1.807) is 6.20 Å². The van der Waals surface area contributed by atoms with Crippen LogP contribution in [0, 0.1) is 41.4 Å². The third-order valence-electron chi connectivity index (χ3n) is 8.01. The van der Waals surface area contributed by atoms with Crippen LogP contribution in [0.25, 0.3) is 0 Å². The van der Waals surface area contributed by atoms with Crippen LogP contribution in [0.1, 0.15) is 61.8 Å². The second kappa shape index (κ2) is 7.80. The molecule has 31 heavy (non-hydrogen) atoms. The van der Waals surface area contributed by atoms with Gasteiger partial charge < -0.3 is 16.4 Å². The molecule has 6 rings (SSSR count). The number of anilines is 2. The summed E-state index contributed by atoms with van der Waals surface area (Å²) in [5.41, 5.74) is 9.75. The molecule has 4 N–H and O–H groups in total. The van der Waals surface area contributed by atoms with Gasteiger partial charge in [0.15, 0.2) is 0 Å².